The minimum absolute atomic E-state index is 0.162. The molecule has 4 rings (SSSR count). The minimum atomic E-state index is -3.73. The van der Waals surface area contributed by atoms with Crippen molar-refractivity contribution in [2.75, 3.05) is 44.6 Å². The Morgan fingerprint density at radius 2 is 1.79 bits per heavy atom. The van der Waals surface area contributed by atoms with E-state index in [-0.39, 0.29) is 23.3 Å². The van der Waals surface area contributed by atoms with Crippen LogP contribution >= 0.6 is 0 Å². The number of amides is 2. The number of aryl methyl sites for hydroxylation is 2. The summed E-state index contributed by atoms with van der Waals surface area (Å²) >= 11 is 0. The van der Waals surface area contributed by atoms with Crippen LogP contribution in [-0.4, -0.2) is 84.8 Å². The second-order valence-electron chi connectivity index (χ2n) is 8.56. The molecule has 0 aliphatic carbocycles. The molecular formula is C22H29N5O5S. The van der Waals surface area contributed by atoms with Gasteiger partial charge in [-0.2, -0.15) is 4.31 Å². The lowest BCUT2D eigenvalue weighted by Gasteiger charge is -2.36. The van der Waals surface area contributed by atoms with Gasteiger partial charge in [0.05, 0.1) is 11.4 Å². The fourth-order valence-electron chi connectivity index (χ4n) is 4.27. The van der Waals surface area contributed by atoms with Crippen LogP contribution in [0.2, 0.25) is 0 Å². The normalized spacial score (nSPS) is 20.2. The highest BCUT2D eigenvalue weighted by molar-refractivity contribution is 7.89. The van der Waals surface area contributed by atoms with E-state index in [4.69, 9.17) is 4.52 Å². The van der Waals surface area contributed by atoms with E-state index >= 15 is 0 Å². The molecular weight excluding hydrogens is 446 g/mol. The van der Waals surface area contributed by atoms with Crippen LogP contribution in [0.3, 0.4) is 0 Å². The number of nitrogens with zero attached hydrogens (tertiary/aromatic N) is 4. The lowest BCUT2D eigenvalue weighted by atomic mass is 10.2. The van der Waals surface area contributed by atoms with Gasteiger partial charge in [-0.15, -0.1) is 0 Å². The molecule has 2 aliphatic rings. The number of piperazine rings is 1. The Hall–Kier alpha value is -2.76. The van der Waals surface area contributed by atoms with E-state index in [0.717, 1.165) is 5.56 Å². The van der Waals surface area contributed by atoms with Gasteiger partial charge in [0.15, 0.2) is 5.82 Å². The third kappa shape index (κ3) is 5.26. The van der Waals surface area contributed by atoms with E-state index in [0.29, 0.717) is 57.1 Å². The molecule has 0 saturated carbocycles. The van der Waals surface area contributed by atoms with Crippen molar-refractivity contribution in [3.63, 3.8) is 0 Å². The fraction of sp³-hybridized carbons (Fsp3) is 0.500. The van der Waals surface area contributed by atoms with Gasteiger partial charge in [-0.25, -0.2) is 8.42 Å². The van der Waals surface area contributed by atoms with Gasteiger partial charge in [-0.05, 0) is 38.8 Å². The van der Waals surface area contributed by atoms with Crippen LogP contribution in [0.15, 0.2) is 39.8 Å². The van der Waals surface area contributed by atoms with Gasteiger partial charge in [-0.1, -0.05) is 22.9 Å². The van der Waals surface area contributed by atoms with Crippen LogP contribution in [0.5, 0.6) is 0 Å². The number of benzene rings is 1. The summed E-state index contributed by atoms with van der Waals surface area (Å²) in [5.41, 5.74) is 0.977. The molecule has 2 amide bonds. The molecule has 0 bridgehead atoms. The SMILES string of the molecule is Cc1ccc(S(=O)(=O)N2CCC[C@H]2C(=O)N2CCN(CC(=O)Nc3cc(C)on3)CC2)cc1. The first-order valence-corrected chi connectivity index (χ1v) is 12.5. The Kier molecular flexibility index (Phi) is 6.82. The quantitative estimate of drug-likeness (QED) is 0.668. The van der Waals surface area contributed by atoms with Gasteiger partial charge in [-0.3, -0.25) is 14.5 Å². The maximum Gasteiger partial charge on any atom is 0.243 e. The molecule has 2 aromatic rings. The second kappa shape index (κ2) is 9.62. The highest BCUT2D eigenvalue weighted by Gasteiger charge is 2.41. The van der Waals surface area contributed by atoms with Crippen LogP contribution in [0.1, 0.15) is 24.2 Å². The zero-order valence-corrected chi connectivity index (χ0v) is 19.7. The first-order valence-electron chi connectivity index (χ1n) is 11.1. The van der Waals surface area contributed by atoms with Gasteiger partial charge in [0.2, 0.25) is 21.8 Å². The van der Waals surface area contributed by atoms with E-state index in [1.165, 1.54) is 4.31 Å². The summed E-state index contributed by atoms with van der Waals surface area (Å²) in [7, 11) is -3.73. The van der Waals surface area contributed by atoms with Gasteiger partial charge in [0.25, 0.3) is 0 Å². The number of anilines is 1. The molecule has 33 heavy (non-hydrogen) atoms. The zero-order valence-electron chi connectivity index (χ0n) is 18.9. The van der Waals surface area contributed by atoms with Crippen LogP contribution in [-0.2, 0) is 19.6 Å². The van der Waals surface area contributed by atoms with Gasteiger partial charge in [0, 0.05) is 38.8 Å². The summed E-state index contributed by atoms with van der Waals surface area (Å²) in [6, 6.07) is 7.68. The Morgan fingerprint density at radius 1 is 1.09 bits per heavy atom. The van der Waals surface area contributed by atoms with Crippen LogP contribution in [0.4, 0.5) is 5.82 Å². The number of rotatable bonds is 6. The number of hydrogen-bond donors (Lipinski definition) is 1. The summed E-state index contributed by atoms with van der Waals surface area (Å²) in [6.07, 6.45) is 1.17. The molecule has 11 heteroatoms. The molecule has 1 N–H and O–H groups in total. The first-order chi connectivity index (χ1) is 15.7. The number of aromatic nitrogens is 1. The van der Waals surface area contributed by atoms with Crippen molar-refractivity contribution in [2.45, 2.75) is 37.6 Å². The molecule has 2 aliphatic heterocycles. The molecule has 1 aromatic carbocycles. The van der Waals surface area contributed by atoms with Crippen molar-refractivity contribution >= 4 is 27.7 Å². The van der Waals surface area contributed by atoms with Gasteiger partial charge < -0.3 is 14.7 Å². The Balaban J connectivity index is 1.33. The molecule has 1 aromatic heterocycles. The monoisotopic (exact) mass is 475 g/mol. The summed E-state index contributed by atoms with van der Waals surface area (Å²) < 4.78 is 32.6. The van der Waals surface area contributed by atoms with E-state index in [1.54, 1.807) is 42.2 Å². The maximum atomic E-state index is 13.2. The standard InChI is InChI=1S/C22H29N5O5S/c1-16-5-7-18(8-6-16)33(30,31)27-9-3-4-19(27)22(29)26-12-10-25(11-13-26)15-21(28)23-20-14-17(2)32-24-20/h5-8,14,19H,3-4,9-13,15H2,1-2H3,(H,23,24,28)/t19-/m0/s1. The highest BCUT2D eigenvalue weighted by atomic mass is 32.2. The zero-order chi connectivity index (χ0) is 23.6. The van der Waals surface area contributed by atoms with Gasteiger partial charge >= 0.3 is 0 Å². The van der Waals surface area contributed by atoms with Crippen LogP contribution < -0.4 is 5.32 Å². The number of nitrogens with one attached hydrogen (secondary N) is 1. The predicted molar refractivity (Wildman–Crippen MR) is 121 cm³/mol. The second-order valence-corrected chi connectivity index (χ2v) is 10.4. The summed E-state index contributed by atoms with van der Waals surface area (Å²) in [5.74, 6) is 0.629. The van der Waals surface area contributed by atoms with Crippen molar-refractivity contribution in [1.29, 1.82) is 0 Å². The number of sulfonamides is 1. The van der Waals surface area contributed by atoms with Crippen molar-refractivity contribution in [1.82, 2.24) is 19.3 Å². The molecule has 178 valence electrons. The van der Waals surface area contributed by atoms with Crippen molar-refractivity contribution in [2.24, 2.45) is 0 Å². The predicted octanol–water partition coefficient (Wildman–Crippen LogP) is 1.23. The number of carbonyl (C=O) groups excluding carboxylic acids is 2. The van der Waals surface area contributed by atoms with E-state index < -0.39 is 16.1 Å². The Bertz CT molecular complexity index is 1110. The Morgan fingerprint density at radius 3 is 2.42 bits per heavy atom. The molecule has 2 fully saturated rings. The van der Waals surface area contributed by atoms with Crippen LogP contribution in [0, 0.1) is 13.8 Å². The summed E-state index contributed by atoms with van der Waals surface area (Å²) in [4.78, 5) is 29.3. The third-order valence-electron chi connectivity index (χ3n) is 6.06. The summed E-state index contributed by atoms with van der Waals surface area (Å²) in [6.45, 7) is 6.14. The highest BCUT2D eigenvalue weighted by Crippen LogP contribution is 2.28. The molecule has 1 atom stereocenters. The van der Waals surface area contributed by atoms with Crippen molar-refractivity contribution in [3.8, 4) is 0 Å². The largest absolute Gasteiger partial charge is 0.360 e. The lowest BCUT2D eigenvalue weighted by molar-refractivity contribution is -0.136. The topological polar surface area (TPSA) is 116 Å². The van der Waals surface area contributed by atoms with Crippen molar-refractivity contribution < 1.29 is 22.5 Å². The smallest absolute Gasteiger partial charge is 0.243 e. The van der Waals surface area contributed by atoms with E-state index in [1.807, 2.05) is 11.8 Å². The molecule has 10 nitrogen and oxygen atoms in total. The Labute approximate surface area is 193 Å². The average molecular weight is 476 g/mol. The van der Waals surface area contributed by atoms with Gasteiger partial charge in [0.1, 0.15) is 11.8 Å². The van der Waals surface area contributed by atoms with Crippen molar-refractivity contribution in [3.05, 3.63) is 41.7 Å². The fourth-order valence-corrected chi connectivity index (χ4v) is 5.92. The molecule has 0 unspecified atom stereocenters. The third-order valence-corrected chi connectivity index (χ3v) is 7.99. The van der Waals surface area contributed by atoms with E-state index in [9.17, 15) is 18.0 Å². The molecule has 2 saturated heterocycles. The summed E-state index contributed by atoms with van der Waals surface area (Å²) in [5, 5.41) is 6.44. The number of carbonyl (C=O) groups is 2. The lowest BCUT2D eigenvalue weighted by Crippen LogP contribution is -2.55. The molecule has 3 heterocycles. The number of hydrogen-bond acceptors (Lipinski definition) is 7. The first kappa shape index (κ1) is 23.4. The van der Waals surface area contributed by atoms with E-state index in [2.05, 4.69) is 10.5 Å². The van der Waals surface area contributed by atoms with Crippen LogP contribution in [0.25, 0.3) is 0 Å². The molecule has 0 spiro atoms. The average Bonchev–Trinajstić information content (AvgIpc) is 3.43. The maximum absolute atomic E-state index is 13.2. The molecule has 0 radical (unpaired) electrons. The minimum Gasteiger partial charge on any atom is -0.360 e.